The molecule has 0 atom stereocenters. The Balaban J connectivity index is 2.26. The van der Waals surface area contributed by atoms with Gasteiger partial charge in [0.2, 0.25) is 0 Å². The zero-order valence-electron chi connectivity index (χ0n) is 8.45. The molecular weight excluding hydrogens is 291 g/mol. The molecule has 0 amide bonds. The van der Waals surface area contributed by atoms with Gasteiger partial charge in [0.05, 0.1) is 0 Å². The summed E-state index contributed by atoms with van der Waals surface area (Å²) in [5.41, 5.74) is 4.37. The molecule has 1 aromatic carbocycles. The van der Waals surface area contributed by atoms with E-state index >= 15 is 0 Å². The molecule has 1 nitrogen and oxygen atoms in total. The number of Topliss-reactive ketones (excluding diaryl/α,β-unsaturated/α-hetero) is 1. The first-order valence-electron chi connectivity index (χ1n) is 5.02. The number of allylic oxidation sites excluding steroid dienone is 5. The Morgan fingerprint density at radius 1 is 1.00 bits per heavy atom. The molecule has 2 aliphatic rings. The SMILES string of the molecule is O=C1[C]([SnH3])=CC=C2C1=Cc1ccccc12. The van der Waals surface area contributed by atoms with Crippen molar-refractivity contribution >= 4 is 40.0 Å². The maximum absolute atomic E-state index is 12.0. The number of rotatable bonds is 0. The third-order valence-electron chi connectivity index (χ3n) is 2.94. The quantitative estimate of drug-likeness (QED) is 0.660. The molecule has 0 radical (unpaired) electrons. The van der Waals surface area contributed by atoms with Crippen molar-refractivity contribution in [2.45, 2.75) is 0 Å². The van der Waals surface area contributed by atoms with Crippen molar-refractivity contribution in [3.8, 4) is 0 Å². The van der Waals surface area contributed by atoms with E-state index in [4.69, 9.17) is 0 Å². The van der Waals surface area contributed by atoms with Crippen LogP contribution in [0.3, 0.4) is 0 Å². The summed E-state index contributed by atoms with van der Waals surface area (Å²) in [6.07, 6.45) is 6.10. The van der Waals surface area contributed by atoms with Gasteiger partial charge in [0, 0.05) is 0 Å². The maximum atomic E-state index is 12.0. The predicted octanol–water partition coefficient (Wildman–Crippen LogP) is 1.30. The van der Waals surface area contributed by atoms with E-state index in [1.807, 2.05) is 24.3 Å². The van der Waals surface area contributed by atoms with E-state index in [0.29, 0.717) is 22.5 Å². The standard InChI is InChI=1S/C13H7O.Sn.3H/c14-13-7-3-6-11-10-5-2-1-4-9(10)8-12(11)13;;;;/h1-6,8H;;;;. The van der Waals surface area contributed by atoms with Crippen LogP contribution in [0.4, 0.5) is 0 Å². The molecule has 2 heteroatoms. The van der Waals surface area contributed by atoms with Crippen LogP contribution in [0.1, 0.15) is 11.1 Å². The van der Waals surface area contributed by atoms with Crippen molar-refractivity contribution in [1.29, 1.82) is 0 Å². The summed E-state index contributed by atoms with van der Waals surface area (Å²) in [7, 11) is 0. The molecule has 0 N–H and O–H groups in total. The number of hydrogen-bond donors (Lipinski definition) is 0. The summed E-state index contributed by atoms with van der Waals surface area (Å²) in [4.78, 5) is 12.0. The van der Waals surface area contributed by atoms with Gasteiger partial charge in [-0.15, -0.1) is 0 Å². The van der Waals surface area contributed by atoms with Crippen LogP contribution in [0.5, 0.6) is 0 Å². The minimum atomic E-state index is 0.250. The van der Waals surface area contributed by atoms with Gasteiger partial charge in [0.1, 0.15) is 0 Å². The van der Waals surface area contributed by atoms with Gasteiger partial charge in [-0.3, -0.25) is 0 Å². The van der Waals surface area contributed by atoms with Crippen LogP contribution in [0, 0.1) is 0 Å². The van der Waals surface area contributed by atoms with E-state index in [1.54, 1.807) is 0 Å². The zero-order chi connectivity index (χ0) is 10.4. The van der Waals surface area contributed by atoms with Crippen molar-refractivity contribution in [2.24, 2.45) is 0 Å². The normalized spacial score (nSPS) is 17.9. The third kappa shape index (κ3) is 1.26. The van der Waals surface area contributed by atoms with Crippen molar-refractivity contribution in [3.05, 3.63) is 56.7 Å². The van der Waals surface area contributed by atoms with E-state index in [0.717, 1.165) is 14.7 Å². The number of fused-ring (bicyclic) bond motifs is 3. The Morgan fingerprint density at radius 3 is 2.67 bits per heavy atom. The fourth-order valence-corrected chi connectivity index (χ4v) is 3.35. The second kappa shape index (κ2) is 3.20. The Hall–Kier alpha value is -1.09. The van der Waals surface area contributed by atoms with Gasteiger partial charge in [0.25, 0.3) is 0 Å². The fourth-order valence-electron chi connectivity index (χ4n) is 2.11. The molecule has 0 heterocycles. The molecular formula is C13H10OSn. The van der Waals surface area contributed by atoms with Gasteiger partial charge in [-0.25, -0.2) is 0 Å². The second-order valence-corrected chi connectivity index (χ2v) is 6.98. The fraction of sp³-hybridized carbons (Fsp3) is 0. The van der Waals surface area contributed by atoms with Gasteiger partial charge >= 0.3 is 101 Å². The number of ketones is 1. The summed E-state index contributed by atoms with van der Waals surface area (Å²) in [6, 6.07) is 8.17. The van der Waals surface area contributed by atoms with Gasteiger partial charge in [-0.05, 0) is 0 Å². The molecule has 72 valence electrons. The average molecular weight is 301 g/mol. The summed E-state index contributed by atoms with van der Waals surface area (Å²) in [5.74, 6) is 0.250. The molecule has 0 spiro atoms. The van der Waals surface area contributed by atoms with Gasteiger partial charge in [0.15, 0.2) is 0 Å². The summed E-state index contributed by atoms with van der Waals surface area (Å²) in [5, 5.41) is 0. The summed E-state index contributed by atoms with van der Waals surface area (Å²) in [6.45, 7) is 0. The monoisotopic (exact) mass is 302 g/mol. The van der Waals surface area contributed by atoms with Gasteiger partial charge < -0.3 is 0 Å². The molecule has 2 aliphatic carbocycles. The van der Waals surface area contributed by atoms with Crippen molar-refractivity contribution < 1.29 is 4.79 Å². The first-order chi connectivity index (χ1) is 7.27. The van der Waals surface area contributed by atoms with Crippen LogP contribution >= 0.6 is 0 Å². The molecule has 0 aromatic heterocycles. The van der Waals surface area contributed by atoms with Crippen LogP contribution < -0.4 is 0 Å². The van der Waals surface area contributed by atoms with E-state index in [2.05, 4.69) is 18.2 Å². The van der Waals surface area contributed by atoms with Crippen LogP contribution in [0.2, 0.25) is 0 Å². The van der Waals surface area contributed by atoms with Gasteiger partial charge in [-0.1, -0.05) is 0 Å². The number of carbonyl (C=O) groups excluding carboxylic acids is 1. The summed E-state index contributed by atoms with van der Waals surface area (Å²) >= 11 is 0.292. The van der Waals surface area contributed by atoms with E-state index < -0.39 is 0 Å². The van der Waals surface area contributed by atoms with E-state index in [1.165, 1.54) is 11.1 Å². The number of carbonyl (C=O) groups is 1. The molecule has 0 saturated heterocycles. The molecule has 0 saturated carbocycles. The van der Waals surface area contributed by atoms with Crippen LogP contribution in [0.15, 0.2) is 45.6 Å². The third-order valence-corrected chi connectivity index (χ3v) is 5.19. The molecule has 15 heavy (non-hydrogen) atoms. The first kappa shape index (κ1) is 9.16. The zero-order valence-corrected chi connectivity index (χ0v) is 14.2. The van der Waals surface area contributed by atoms with Crippen molar-refractivity contribution in [1.82, 2.24) is 0 Å². The van der Waals surface area contributed by atoms with Crippen LogP contribution in [0.25, 0.3) is 11.6 Å². The van der Waals surface area contributed by atoms with Crippen LogP contribution in [-0.2, 0) is 4.79 Å². The Kier molecular flexibility index (Phi) is 1.96. The Bertz CT molecular complexity index is 562. The molecule has 0 fully saturated rings. The molecule has 1 aromatic rings. The topological polar surface area (TPSA) is 17.1 Å². The molecule has 3 rings (SSSR count). The van der Waals surface area contributed by atoms with Crippen molar-refractivity contribution in [2.75, 3.05) is 0 Å². The van der Waals surface area contributed by atoms with E-state index in [9.17, 15) is 4.79 Å². The van der Waals surface area contributed by atoms with Crippen LogP contribution in [-0.4, -0.2) is 28.3 Å². The molecule has 0 bridgehead atoms. The van der Waals surface area contributed by atoms with Crippen molar-refractivity contribution in [3.63, 3.8) is 0 Å². The van der Waals surface area contributed by atoms with Gasteiger partial charge in [-0.2, -0.15) is 0 Å². The second-order valence-electron chi connectivity index (χ2n) is 3.90. The molecule has 0 aliphatic heterocycles. The predicted molar refractivity (Wildman–Crippen MR) is 65.4 cm³/mol. The summed E-state index contributed by atoms with van der Waals surface area (Å²) < 4.78 is 1.03. The Morgan fingerprint density at radius 2 is 1.80 bits per heavy atom. The van der Waals surface area contributed by atoms with E-state index in [-0.39, 0.29) is 5.78 Å². The Labute approximate surface area is 101 Å². The average Bonchev–Trinajstić information content (AvgIpc) is 2.63. The first-order valence-corrected chi connectivity index (χ1v) is 7.87. The number of benzene rings is 1. The number of hydrogen-bond acceptors (Lipinski definition) is 1. The molecule has 0 unspecified atom stereocenters. The minimum absolute atomic E-state index is 0.250.